The second-order valence-electron chi connectivity index (χ2n) is 6.22. The molecule has 0 spiro atoms. The summed E-state index contributed by atoms with van der Waals surface area (Å²) in [5, 5.41) is 0.726. The van der Waals surface area contributed by atoms with E-state index in [-0.39, 0.29) is 6.42 Å². The molecular weight excluding hydrogens is 333 g/mol. The highest BCUT2D eigenvalue weighted by Gasteiger charge is 2.61. The fraction of sp³-hybridized carbons (Fsp3) is 0.333. The first-order valence-corrected chi connectivity index (χ1v) is 9.94. The van der Waals surface area contributed by atoms with Crippen molar-refractivity contribution in [3.8, 4) is 5.75 Å². The van der Waals surface area contributed by atoms with Gasteiger partial charge in [0.2, 0.25) is 0 Å². The predicted octanol–water partition coefficient (Wildman–Crippen LogP) is 4.55. The first-order valence-electron chi connectivity index (χ1n) is 7.91. The maximum absolute atomic E-state index is 13.6. The Balaban J connectivity index is 2.03. The van der Waals surface area contributed by atoms with Gasteiger partial charge in [0.25, 0.3) is 0 Å². The van der Waals surface area contributed by atoms with E-state index in [0.29, 0.717) is 18.2 Å². The summed E-state index contributed by atoms with van der Waals surface area (Å²) < 4.78 is 52.6. The van der Waals surface area contributed by atoms with Crippen molar-refractivity contribution in [1.29, 1.82) is 0 Å². The summed E-state index contributed by atoms with van der Waals surface area (Å²) in [6, 6.07) is 18.5. The largest absolute Gasteiger partial charge is 0.517 e. The Bertz CT molecular complexity index is 678. The number of benzene rings is 2. The number of rotatable bonds is 3. The van der Waals surface area contributed by atoms with Crippen LogP contribution >= 0.6 is 0 Å². The van der Waals surface area contributed by atoms with E-state index in [1.807, 2.05) is 12.1 Å². The minimum Gasteiger partial charge on any atom is -0.517 e. The van der Waals surface area contributed by atoms with Crippen LogP contribution < -0.4 is 9.61 Å². The normalized spacial score (nSPS) is 27.7. The first kappa shape index (κ1) is 17.0. The molecule has 2 aromatic carbocycles. The maximum atomic E-state index is 13.6. The van der Waals surface area contributed by atoms with Crippen LogP contribution in [-0.2, 0) is 4.43 Å². The molecule has 0 saturated carbocycles. The van der Waals surface area contributed by atoms with Crippen LogP contribution in [0.2, 0.25) is 6.04 Å². The zero-order valence-corrected chi connectivity index (χ0v) is 14.3. The van der Waals surface area contributed by atoms with E-state index in [0.717, 1.165) is 12.1 Å². The topological polar surface area (TPSA) is 18.5 Å². The Hall–Kier alpha value is -1.79. The molecule has 2 unspecified atom stereocenters. The van der Waals surface area contributed by atoms with Gasteiger partial charge >= 0.3 is 14.7 Å². The molecule has 2 atom stereocenters. The van der Waals surface area contributed by atoms with Crippen LogP contribution in [0.1, 0.15) is 19.8 Å². The smallest absolute Gasteiger partial charge is 0.434 e. The van der Waals surface area contributed by atoms with E-state index in [4.69, 9.17) is 8.85 Å². The van der Waals surface area contributed by atoms with Gasteiger partial charge in [-0.1, -0.05) is 48.5 Å². The summed E-state index contributed by atoms with van der Waals surface area (Å²) in [6.45, 7) is 1.13. The average Bonchev–Trinajstić information content (AvgIpc) is 2.56. The van der Waals surface area contributed by atoms with Crippen LogP contribution in [0.4, 0.5) is 13.2 Å². The molecule has 6 heteroatoms. The molecule has 0 radical (unpaired) electrons. The van der Waals surface area contributed by atoms with Crippen molar-refractivity contribution >= 4 is 13.7 Å². The third kappa shape index (κ3) is 3.21. The highest BCUT2D eigenvalue weighted by atomic mass is 28.4. The SMILES string of the molecule is CC1(C(F)(F)F)CCC[Si](Oc2ccccc2)(c2ccccc2)O1. The fourth-order valence-corrected chi connectivity index (χ4v) is 6.60. The third-order valence-electron chi connectivity index (χ3n) is 4.39. The van der Waals surface area contributed by atoms with E-state index < -0.39 is 20.3 Å². The number of alkyl halides is 3. The fourth-order valence-electron chi connectivity index (χ4n) is 3.03. The summed E-state index contributed by atoms with van der Waals surface area (Å²) in [5.74, 6) is 0.541. The number of para-hydroxylation sites is 1. The highest BCUT2D eigenvalue weighted by Crippen LogP contribution is 2.44. The van der Waals surface area contributed by atoms with Crippen molar-refractivity contribution < 1.29 is 22.0 Å². The zero-order chi connectivity index (χ0) is 17.3. The van der Waals surface area contributed by atoms with Crippen molar-refractivity contribution in [2.45, 2.75) is 37.6 Å². The monoisotopic (exact) mass is 352 g/mol. The minimum absolute atomic E-state index is 0.0454. The van der Waals surface area contributed by atoms with Gasteiger partial charge in [-0.2, -0.15) is 13.2 Å². The van der Waals surface area contributed by atoms with Crippen LogP contribution in [0.3, 0.4) is 0 Å². The summed E-state index contributed by atoms with van der Waals surface area (Å²) in [7, 11) is -3.26. The van der Waals surface area contributed by atoms with Gasteiger partial charge in [-0.15, -0.1) is 0 Å². The quantitative estimate of drug-likeness (QED) is 0.755. The lowest BCUT2D eigenvalue weighted by molar-refractivity contribution is -0.253. The van der Waals surface area contributed by atoms with Gasteiger partial charge in [-0.05, 0) is 31.9 Å². The Morgan fingerprint density at radius 1 is 1.00 bits per heavy atom. The van der Waals surface area contributed by atoms with Gasteiger partial charge in [0.05, 0.1) is 0 Å². The van der Waals surface area contributed by atoms with E-state index in [1.165, 1.54) is 0 Å². The average molecular weight is 352 g/mol. The molecule has 1 saturated heterocycles. The Morgan fingerprint density at radius 2 is 1.58 bits per heavy atom. The van der Waals surface area contributed by atoms with Gasteiger partial charge in [0.1, 0.15) is 5.75 Å². The molecule has 0 bridgehead atoms. The van der Waals surface area contributed by atoms with Gasteiger partial charge in [-0.25, -0.2) is 0 Å². The van der Waals surface area contributed by atoms with Crippen LogP contribution in [0, 0.1) is 0 Å². The lowest BCUT2D eigenvalue weighted by Gasteiger charge is -2.45. The molecule has 1 heterocycles. The van der Waals surface area contributed by atoms with E-state index in [2.05, 4.69) is 0 Å². The Morgan fingerprint density at radius 3 is 2.17 bits per heavy atom. The van der Waals surface area contributed by atoms with E-state index in [9.17, 15) is 13.2 Å². The standard InChI is InChI=1S/C18H19F3O2Si/c1-17(18(19,20)21)13-8-14-24(23-17,16-11-6-3-7-12-16)22-15-9-4-2-5-10-15/h2-7,9-12H,8,13-14H2,1H3. The van der Waals surface area contributed by atoms with Crippen molar-refractivity contribution in [2.24, 2.45) is 0 Å². The summed E-state index contributed by atoms with van der Waals surface area (Å²) in [5.41, 5.74) is -2.18. The Kier molecular flexibility index (Phi) is 4.44. The molecule has 2 nitrogen and oxygen atoms in total. The van der Waals surface area contributed by atoms with Gasteiger partial charge < -0.3 is 8.85 Å². The lowest BCUT2D eigenvalue weighted by Crippen LogP contribution is -2.66. The summed E-state index contributed by atoms with van der Waals surface area (Å²) in [6.07, 6.45) is -4.05. The molecular formula is C18H19F3O2Si. The molecule has 0 aliphatic carbocycles. The zero-order valence-electron chi connectivity index (χ0n) is 13.3. The lowest BCUT2D eigenvalue weighted by atomic mass is 10.0. The molecule has 0 aromatic heterocycles. The molecule has 0 amide bonds. The van der Waals surface area contributed by atoms with Gasteiger partial charge in [0.15, 0.2) is 5.60 Å². The molecule has 128 valence electrons. The molecule has 1 aliphatic heterocycles. The molecule has 2 aromatic rings. The second-order valence-corrected chi connectivity index (χ2v) is 9.21. The van der Waals surface area contributed by atoms with Gasteiger partial charge in [0, 0.05) is 11.2 Å². The third-order valence-corrected chi connectivity index (χ3v) is 7.96. The van der Waals surface area contributed by atoms with Crippen molar-refractivity contribution in [3.63, 3.8) is 0 Å². The summed E-state index contributed by atoms with van der Waals surface area (Å²) >= 11 is 0. The molecule has 3 rings (SSSR count). The minimum atomic E-state index is -4.43. The first-order chi connectivity index (χ1) is 11.3. The predicted molar refractivity (Wildman–Crippen MR) is 88.5 cm³/mol. The maximum Gasteiger partial charge on any atom is 0.434 e. The number of hydrogen-bond acceptors (Lipinski definition) is 2. The Labute approximate surface area is 140 Å². The van der Waals surface area contributed by atoms with Crippen molar-refractivity contribution in [3.05, 3.63) is 60.7 Å². The second kappa shape index (κ2) is 6.26. The van der Waals surface area contributed by atoms with Gasteiger partial charge in [-0.3, -0.25) is 0 Å². The molecule has 24 heavy (non-hydrogen) atoms. The number of hydrogen-bond donors (Lipinski definition) is 0. The number of halogens is 3. The highest BCUT2D eigenvalue weighted by molar-refractivity contribution is 6.82. The molecule has 1 aliphatic rings. The van der Waals surface area contributed by atoms with Crippen LogP contribution in [0.5, 0.6) is 5.75 Å². The van der Waals surface area contributed by atoms with Crippen LogP contribution in [-0.4, -0.2) is 20.3 Å². The van der Waals surface area contributed by atoms with Crippen LogP contribution in [0.25, 0.3) is 0 Å². The molecule has 0 N–H and O–H groups in total. The van der Waals surface area contributed by atoms with Crippen molar-refractivity contribution in [2.75, 3.05) is 0 Å². The van der Waals surface area contributed by atoms with E-state index in [1.54, 1.807) is 48.5 Å². The van der Waals surface area contributed by atoms with E-state index >= 15 is 0 Å². The van der Waals surface area contributed by atoms with Crippen molar-refractivity contribution in [1.82, 2.24) is 0 Å². The molecule has 1 fully saturated rings. The van der Waals surface area contributed by atoms with Crippen LogP contribution in [0.15, 0.2) is 60.7 Å². The summed E-state index contributed by atoms with van der Waals surface area (Å²) in [4.78, 5) is 0.